The third-order valence-corrected chi connectivity index (χ3v) is 8.53. The van der Waals surface area contributed by atoms with Crippen LogP contribution in [0.3, 0.4) is 0 Å². The van der Waals surface area contributed by atoms with Crippen molar-refractivity contribution >= 4 is 26.9 Å². The first kappa shape index (κ1) is 20.6. The molecule has 0 amide bonds. The van der Waals surface area contributed by atoms with Crippen LogP contribution in [0.4, 0.5) is 5.82 Å². The predicted molar refractivity (Wildman–Crippen MR) is 113 cm³/mol. The molecule has 2 aromatic heterocycles. The molecule has 2 fully saturated rings. The van der Waals surface area contributed by atoms with Gasteiger partial charge >= 0.3 is 0 Å². The van der Waals surface area contributed by atoms with Crippen molar-refractivity contribution in [2.75, 3.05) is 44.5 Å². The van der Waals surface area contributed by atoms with Crippen LogP contribution in [0.2, 0.25) is 0 Å². The molecule has 8 nitrogen and oxygen atoms in total. The predicted octanol–water partition coefficient (Wildman–Crippen LogP) is 2.25. The smallest absolute Gasteiger partial charge is 0.214 e. The van der Waals surface area contributed by atoms with E-state index in [9.17, 15) is 8.42 Å². The molecule has 1 atom stereocenters. The van der Waals surface area contributed by atoms with Crippen molar-refractivity contribution in [2.45, 2.75) is 38.1 Å². The molecule has 1 aliphatic heterocycles. The van der Waals surface area contributed by atoms with Gasteiger partial charge in [-0.05, 0) is 50.0 Å². The average molecular weight is 422 g/mol. The Bertz CT molecular complexity index is 923. The van der Waals surface area contributed by atoms with Crippen LogP contribution in [0.25, 0.3) is 11.0 Å². The molecule has 160 valence electrons. The van der Waals surface area contributed by atoms with E-state index < -0.39 is 10.0 Å². The van der Waals surface area contributed by atoms with E-state index in [4.69, 9.17) is 4.74 Å². The van der Waals surface area contributed by atoms with Gasteiger partial charge in [0.05, 0.1) is 17.7 Å². The zero-order valence-corrected chi connectivity index (χ0v) is 18.1. The highest BCUT2D eigenvalue weighted by molar-refractivity contribution is 7.89. The molecule has 9 heteroatoms. The zero-order valence-electron chi connectivity index (χ0n) is 17.2. The summed E-state index contributed by atoms with van der Waals surface area (Å²) in [7, 11) is 0.573. The number of sulfonamides is 1. The van der Waals surface area contributed by atoms with Crippen LogP contribution < -0.4 is 4.90 Å². The highest BCUT2D eigenvalue weighted by Gasteiger charge is 2.34. The van der Waals surface area contributed by atoms with Crippen LogP contribution in [0, 0.1) is 11.8 Å². The van der Waals surface area contributed by atoms with E-state index in [0.29, 0.717) is 31.7 Å². The molecule has 0 aromatic carbocycles. The Labute approximate surface area is 172 Å². The van der Waals surface area contributed by atoms with Crippen molar-refractivity contribution in [1.29, 1.82) is 0 Å². The third-order valence-electron chi connectivity index (χ3n) is 6.52. The van der Waals surface area contributed by atoms with E-state index in [-0.39, 0.29) is 11.7 Å². The number of anilines is 1. The van der Waals surface area contributed by atoms with Gasteiger partial charge in [-0.15, -0.1) is 0 Å². The first-order valence-corrected chi connectivity index (χ1v) is 12.1. The van der Waals surface area contributed by atoms with Gasteiger partial charge in [0, 0.05) is 39.5 Å². The quantitative estimate of drug-likeness (QED) is 0.737. The number of rotatable bonds is 7. The van der Waals surface area contributed by atoms with E-state index >= 15 is 0 Å². The molecule has 4 rings (SSSR count). The lowest BCUT2D eigenvalue weighted by atomic mass is 9.86. The normalized spacial score (nSPS) is 26.2. The van der Waals surface area contributed by atoms with E-state index in [1.165, 1.54) is 0 Å². The Kier molecular flexibility index (Phi) is 6.08. The summed E-state index contributed by atoms with van der Waals surface area (Å²) in [4.78, 5) is 14.1. The van der Waals surface area contributed by atoms with Crippen LogP contribution in [0.5, 0.6) is 0 Å². The molecule has 2 aliphatic rings. The highest BCUT2D eigenvalue weighted by atomic mass is 32.2. The van der Waals surface area contributed by atoms with Gasteiger partial charge in [0.25, 0.3) is 0 Å². The SMILES string of the molecule is COCC1CCN(S(=O)(=O)C[C@H]2CC[C@H](N(C)c3ncnc4[nH]ccc34)CC2)C1. The maximum Gasteiger partial charge on any atom is 0.214 e. The fourth-order valence-corrected chi connectivity index (χ4v) is 6.80. The van der Waals surface area contributed by atoms with Gasteiger partial charge in [0.15, 0.2) is 0 Å². The van der Waals surface area contributed by atoms with Crippen LogP contribution in [0.1, 0.15) is 32.1 Å². The summed E-state index contributed by atoms with van der Waals surface area (Å²) >= 11 is 0. The molecule has 0 spiro atoms. The number of nitrogens with one attached hydrogen (secondary N) is 1. The number of hydrogen-bond acceptors (Lipinski definition) is 6. The zero-order chi connectivity index (χ0) is 20.4. The average Bonchev–Trinajstić information content (AvgIpc) is 3.37. The summed E-state index contributed by atoms with van der Waals surface area (Å²) < 4.78 is 32.6. The van der Waals surface area contributed by atoms with E-state index in [0.717, 1.165) is 49.0 Å². The first-order chi connectivity index (χ1) is 14.0. The minimum absolute atomic E-state index is 0.240. The molecular formula is C20H31N5O3S. The van der Waals surface area contributed by atoms with Crippen molar-refractivity contribution in [3.05, 3.63) is 18.6 Å². The number of methoxy groups -OCH3 is 1. The molecule has 2 aromatic rings. The van der Waals surface area contributed by atoms with E-state index in [1.54, 1.807) is 17.7 Å². The van der Waals surface area contributed by atoms with Gasteiger partial charge in [-0.25, -0.2) is 22.7 Å². The Hall–Kier alpha value is -1.71. The Morgan fingerprint density at radius 1 is 1.21 bits per heavy atom. The molecule has 0 bridgehead atoms. The number of H-pyrrole nitrogens is 1. The lowest BCUT2D eigenvalue weighted by Crippen LogP contribution is -2.39. The molecule has 3 heterocycles. The van der Waals surface area contributed by atoms with Crippen molar-refractivity contribution in [3.63, 3.8) is 0 Å². The van der Waals surface area contributed by atoms with Gasteiger partial charge in [-0.3, -0.25) is 0 Å². The van der Waals surface area contributed by atoms with Crippen molar-refractivity contribution in [2.24, 2.45) is 11.8 Å². The number of aromatic amines is 1. The van der Waals surface area contributed by atoms with E-state index in [2.05, 4.69) is 26.9 Å². The summed E-state index contributed by atoms with van der Waals surface area (Å²) in [5, 5.41) is 1.03. The number of hydrogen-bond donors (Lipinski definition) is 1. The Balaban J connectivity index is 1.33. The summed E-state index contributed by atoms with van der Waals surface area (Å²) in [5.41, 5.74) is 0.846. The largest absolute Gasteiger partial charge is 0.384 e. The van der Waals surface area contributed by atoms with Gasteiger partial charge in [-0.2, -0.15) is 0 Å². The molecule has 1 saturated carbocycles. The molecule has 1 saturated heterocycles. The molecular weight excluding hydrogens is 390 g/mol. The standard InChI is InChI=1S/C20H31N5O3S/c1-24(20-18-7-9-21-19(18)22-14-23-20)17-5-3-15(4-6-17)13-29(26,27)25-10-8-16(11-25)12-28-2/h7,9,14-17H,3-6,8,10-13H2,1-2H3,(H,21,22,23)/t15-,16?,17-. The monoisotopic (exact) mass is 421 g/mol. The Morgan fingerprint density at radius 3 is 2.76 bits per heavy atom. The second kappa shape index (κ2) is 8.57. The van der Waals surface area contributed by atoms with Crippen molar-refractivity contribution in [1.82, 2.24) is 19.3 Å². The number of aromatic nitrogens is 3. The topological polar surface area (TPSA) is 91.4 Å². The molecule has 0 radical (unpaired) electrons. The minimum atomic E-state index is -3.18. The molecule has 1 N–H and O–H groups in total. The first-order valence-electron chi connectivity index (χ1n) is 10.5. The molecule has 29 heavy (non-hydrogen) atoms. The van der Waals surface area contributed by atoms with Gasteiger partial charge < -0.3 is 14.6 Å². The summed E-state index contributed by atoms with van der Waals surface area (Å²) in [6.07, 6.45) is 8.22. The fraction of sp³-hybridized carbons (Fsp3) is 0.700. The van der Waals surface area contributed by atoms with E-state index in [1.807, 2.05) is 12.3 Å². The lowest BCUT2D eigenvalue weighted by molar-refractivity contribution is 0.157. The fourth-order valence-electron chi connectivity index (χ4n) is 4.84. The Morgan fingerprint density at radius 2 is 2.00 bits per heavy atom. The summed E-state index contributed by atoms with van der Waals surface area (Å²) in [6, 6.07) is 2.38. The van der Waals surface area contributed by atoms with Gasteiger partial charge in [-0.1, -0.05) is 0 Å². The van der Waals surface area contributed by atoms with Gasteiger partial charge in [0.1, 0.15) is 17.8 Å². The second-order valence-electron chi connectivity index (χ2n) is 8.47. The number of ether oxygens (including phenoxy) is 1. The van der Waals surface area contributed by atoms with Crippen molar-refractivity contribution < 1.29 is 13.2 Å². The molecule has 1 aliphatic carbocycles. The summed E-state index contributed by atoms with van der Waals surface area (Å²) in [5.74, 6) is 1.79. The lowest BCUT2D eigenvalue weighted by Gasteiger charge is -2.35. The maximum atomic E-state index is 12.9. The highest BCUT2D eigenvalue weighted by Crippen LogP contribution is 2.33. The third kappa shape index (κ3) is 4.41. The maximum absolute atomic E-state index is 12.9. The van der Waals surface area contributed by atoms with Crippen LogP contribution >= 0.6 is 0 Å². The summed E-state index contributed by atoms with van der Waals surface area (Å²) in [6.45, 7) is 1.88. The minimum Gasteiger partial charge on any atom is -0.384 e. The molecule has 1 unspecified atom stereocenters. The van der Waals surface area contributed by atoms with Crippen molar-refractivity contribution in [3.8, 4) is 0 Å². The van der Waals surface area contributed by atoms with Crippen LogP contribution in [-0.2, 0) is 14.8 Å². The van der Waals surface area contributed by atoms with Crippen LogP contribution in [-0.4, -0.2) is 73.3 Å². The number of fused-ring (bicyclic) bond motifs is 1. The number of nitrogens with zero attached hydrogens (tertiary/aromatic N) is 4. The van der Waals surface area contributed by atoms with Crippen LogP contribution in [0.15, 0.2) is 18.6 Å². The second-order valence-corrected chi connectivity index (χ2v) is 10.5. The van der Waals surface area contributed by atoms with Gasteiger partial charge in [0.2, 0.25) is 10.0 Å².